The summed E-state index contributed by atoms with van der Waals surface area (Å²) in [6.45, 7) is 7.66. The summed E-state index contributed by atoms with van der Waals surface area (Å²) in [4.78, 5) is 20.5. The predicted octanol–water partition coefficient (Wildman–Crippen LogP) is 2.02. The van der Waals surface area contributed by atoms with E-state index >= 15 is 0 Å². The van der Waals surface area contributed by atoms with Crippen LogP contribution in [-0.2, 0) is 22.6 Å². The number of hydrogen-bond donors (Lipinski definition) is 0. The Morgan fingerprint density at radius 3 is 2.71 bits per heavy atom. The third-order valence-corrected chi connectivity index (χ3v) is 4.13. The highest BCUT2D eigenvalue weighted by molar-refractivity contribution is 5.69. The quantitative estimate of drug-likeness (QED) is 0.661. The van der Waals surface area contributed by atoms with Gasteiger partial charge >= 0.3 is 5.97 Å². The van der Waals surface area contributed by atoms with Crippen LogP contribution in [0.3, 0.4) is 0 Å². The molecule has 3 aromatic rings. The van der Waals surface area contributed by atoms with Crippen LogP contribution in [0.25, 0.3) is 5.78 Å². The van der Waals surface area contributed by atoms with Gasteiger partial charge in [-0.2, -0.15) is 10.1 Å². The average molecular weight is 329 g/mol. The normalized spacial score (nSPS) is 11.2. The van der Waals surface area contributed by atoms with Crippen LogP contribution in [0.1, 0.15) is 40.4 Å². The first-order valence-corrected chi connectivity index (χ1v) is 7.70. The first-order chi connectivity index (χ1) is 11.5. The van der Waals surface area contributed by atoms with Gasteiger partial charge in [0, 0.05) is 17.8 Å². The van der Waals surface area contributed by atoms with Gasteiger partial charge in [0.1, 0.15) is 18.7 Å². The Balaban J connectivity index is 1.64. The molecule has 0 bridgehead atoms. The number of aryl methyl sites for hydroxylation is 4. The second-order valence-electron chi connectivity index (χ2n) is 5.70. The summed E-state index contributed by atoms with van der Waals surface area (Å²) in [6, 6.07) is 0. The summed E-state index contributed by atoms with van der Waals surface area (Å²) in [7, 11) is 0. The highest BCUT2D eigenvalue weighted by atomic mass is 16.5. The van der Waals surface area contributed by atoms with E-state index in [1.54, 1.807) is 11.4 Å². The first-order valence-electron chi connectivity index (χ1n) is 7.70. The van der Waals surface area contributed by atoms with Crippen LogP contribution in [0.15, 0.2) is 10.9 Å². The molecule has 0 aliphatic rings. The van der Waals surface area contributed by atoms with Crippen LogP contribution in [0.2, 0.25) is 0 Å². The molecule has 0 amide bonds. The molecule has 0 unspecified atom stereocenters. The smallest absolute Gasteiger partial charge is 0.306 e. The van der Waals surface area contributed by atoms with Crippen molar-refractivity contribution in [2.75, 3.05) is 0 Å². The number of hydrogen-bond acceptors (Lipinski definition) is 7. The van der Waals surface area contributed by atoms with Gasteiger partial charge in [-0.25, -0.2) is 9.50 Å². The van der Waals surface area contributed by atoms with Crippen molar-refractivity contribution >= 4 is 11.7 Å². The third-order valence-electron chi connectivity index (χ3n) is 4.13. The third kappa shape index (κ3) is 2.99. The number of esters is 1. The van der Waals surface area contributed by atoms with E-state index in [4.69, 9.17) is 9.26 Å². The van der Waals surface area contributed by atoms with E-state index in [1.807, 2.05) is 20.8 Å². The topological polar surface area (TPSA) is 95.4 Å². The summed E-state index contributed by atoms with van der Waals surface area (Å²) in [6.07, 6.45) is 2.28. The van der Waals surface area contributed by atoms with Crippen LogP contribution >= 0.6 is 0 Å². The summed E-state index contributed by atoms with van der Waals surface area (Å²) < 4.78 is 12.1. The average Bonchev–Trinajstić information content (AvgIpc) is 3.12. The van der Waals surface area contributed by atoms with Crippen molar-refractivity contribution < 1.29 is 14.1 Å². The van der Waals surface area contributed by atoms with E-state index in [0.29, 0.717) is 18.0 Å². The Bertz CT molecular complexity index is 877. The van der Waals surface area contributed by atoms with Crippen molar-refractivity contribution in [3.05, 3.63) is 40.3 Å². The minimum Gasteiger partial charge on any atom is -0.461 e. The minimum absolute atomic E-state index is 0.179. The molecule has 0 aromatic carbocycles. The van der Waals surface area contributed by atoms with Crippen LogP contribution < -0.4 is 0 Å². The van der Waals surface area contributed by atoms with Gasteiger partial charge < -0.3 is 9.26 Å². The number of aromatic nitrogens is 5. The summed E-state index contributed by atoms with van der Waals surface area (Å²) in [5.74, 6) is 0.968. The lowest BCUT2D eigenvalue weighted by Crippen LogP contribution is -2.10. The van der Waals surface area contributed by atoms with E-state index in [9.17, 15) is 4.79 Å². The van der Waals surface area contributed by atoms with Crippen molar-refractivity contribution in [2.45, 2.75) is 47.1 Å². The van der Waals surface area contributed by atoms with E-state index < -0.39 is 0 Å². The Labute approximate surface area is 138 Å². The van der Waals surface area contributed by atoms with Gasteiger partial charge in [-0.05, 0) is 39.7 Å². The second-order valence-corrected chi connectivity index (χ2v) is 5.70. The molecule has 126 valence electrons. The van der Waals surface area contributed by atoms with E-state index in [-0.39, 0.29) is 19.0 Å². The number of carbonyl (C=O) groups is 1. The van der Waals surface area contributed by atoms with Gasteiger partial charge in [0.25, 0.3) is 5.78 Å². The molecule has 0 fully saturated rings. The van der Waals surface area contributed by atoms with Crippen molar-refractivity contribution in [1.29, 1.82) is 0 Å². The molecular formula is C16H19N5O3. The minimum atomic E-state index is -0.271. The number of nitrogens with zero attached hydrogens (tertiary/aromatic N) is 5. The molecule has 0 radical (unpaired) electrons. The lowest BCUT2D eigenvalue weighted by molar-refractivity contribution is -0.144. The Morgan fingerprint density at radius 1 is 1.21 bits per heavy atom. The van der Waals surface area contributed by atoms with Crippen LogP contribution in [0.4, 0.5) is 0 Å². The SMILES string of the molecule is Cc1noc(C)c1COC(=O)CCc1c(C)nc2ncnn2c1C. The summed E-state index contributed by atoms with van der Waals surface area (Å²) in [5.41, 5.74) is 4.34. The van der Waals surface area contributed by atoms with Gasteiger partial charge in [-0.15, -0.1) is 0 Å². The fourth-order valence-electron chi connectivity index (χ4n) is 2.68. The molecule has 0 atom stereocenters. The largest absolute Gasteiger partial charge is 0.461 e. The number of carbonyl (C=O) groups excluding carboxylic acids is 1. The molecule has 8 heteroatoms. The molecule has 0 saturated heterocycles. The van der Waals surface area contributed by atoms with Gasteiger partial charge in [0.2, 0.25) is 0 Å². The van der Waals surface area contributed by atoms with Crippen LogP contribution in [0, 0.1) is 27.7 Å². The standard InChI is InChI=1S/C16H19N5O3/c1-9-13(11(3)21-16(19-9)17-8-18-21)5-6-15(22)23-7-14-10(2)20-24-12(14)4/h8H,5-7H2,1-4H3. The first kappa shape index (κ1) is 16.1. The maximum absolute atomic E-state index is 12.0. The number of ether oxygens (including phenoxy) is 1. The molecule has 24 heavy (non-hydrogen) atoms. The molecule has 0 aliphatic carbocycles. The van der Waals surface area contributed by atoms with Crippen LogP contribution in [-0.4, -0.2) is 30.7 Å². The monoisotopic (exact) mass is 329 g/mol. The maximum Gasteiger partial charge on any atom is 0.306 e. The van der Waals surface area contributed by atoms with Gasteiger partial charge in [-0.1, -0.05) is 5.16 Å². The van der Waals surface area contributed by atoms with Gasteiger partial charge in [0.15, 0.2) is 0 Å². The lowest BCUT2D eigenvalue weighted by atomic mass is 10.1. The zero-order chi connectivity index (χ0) is 17.3. The molecule has 3 aromatic heterocycles. The number of fused-ring (bicyclic) bond motifs is 1. The molecule has 0 spiro atoms. The Morgan fingerprint density at radius 2 is 2.00 bits per heavy atom. The Hall–Kier alpha value is -2.77. The van der Waals surface area contributed by atoms with Gasteiger partial charge in [0.05, 0.1) is 11.3 Å². The van der Waals surface area contributed by atoms with Crippen molar-refractivity contribution in [3.63, 3.8) is 0 Å². The summed E-state index contributed by atoms with van der Waals surface area (Å²) >= 11 is 0. The molecule has 0 N–H and O–H groups in total. The molecule has 8 nitrogen and oxygen atoms in total. The number of rotatable bonds is 5. The fraction of sp³-hybridized carbons (Fsp3) is 0.438. The molecule has 0 aliphatic heterocycles. The molecule has 0 saturated carbocycles. The van der Waals surface area contributed by atoms with Crippen molar-refractivity contribution in [2.24, 2.45) is 0 Å². The van der Waals surface area contributed by atoms with E-state index in [1.165, 1.54) is 6.33 Å². The fourth-order valence-corrected chi connectivity index (χ4v) is 2.68. The zero-order valence-corrected chi connectivity index (χ0v) is 14.2. The second kappa shape index (κ2) is 6.38. The molecule has 3 rings (SSSR count). The molecule has 3 heterocycles. The van der Waals surface area contributed by atoms with Crippen molar-refractivity contribution in [1.82, 2.24) is 24.7 Å². The molecular weight excluding hydrogens is 310 g/mol. The predicted molar refractivity (Wildman–Crippen MR) is 84.4 cm³/mol. The summed E-state index contributed by atoms with van der Waals surface area (Å²) in [5, 5.41) is 7.99. The van der Waals surface area contributed by atoms with Crippen molar-refractivity contribution in [3.8, 4) is 0 Å². The van der Waals surface area contributed by atoms with E-state index in [0.717, 1.165) is 28.2 Å². The highest BCUT2D eigenvalue weighted by Crippen LogP contribution is 2.16. The maximum atomic E-state index is 12.0. The highest BCUT2D eigenvalue weighted by Gasteiger charge is 2.15. The zero-order valence-electron chi connectivity index (χ0n) is 14.2. The van der Waals surface area contributed by atoms with Crippen LogP contribution in [0.5, 0.6) is 0 Å². The lowest BCUT2D eigenvalue weighted by Gasteiger charge is -2.10. The Kier molecular flexibility index (Phi) is 4.28. The van der Waals surface area contributed by atoms with E-state index in [2.05, 4.69) is 20.2 Å². The van der Waals surface area contributed by atoms with Gasteiger partial charge in [-0.3, -0.25) is 4.79 Å².